The molecule has 0 aromatic heterocycles. The molecule has 7 atom stereocenters. The van der Waals surface area contributed by atoms with E-state index in [0.29, 0.717) is 25.4 Å². The minimum Gasteiger partial charge on any atom is -0.449 e. The molecule has 0 spiro atoms. The van der Waals surface area contributed by atoms with E-state index in [4.69, 9.17) is 23.1 Å². The number of hydrogen-bond donors (Lipinski definition) is 0. The average molecular weight is 725 g/mol. The molecule has 3 aliphatic heterocycles. The lowest BCUT2D eigenvalue weighted by molar-refractivity contribution is -0.145. The van der Waals surface area contributed by atoms with E-state index >= 15 is 0 Å². The van der Waals surface area contributed by atoms with Gasteiger partial charge in [0.1, 0.15) is 12.2 Å². The Morgan fingerprint density at radius 3 is 2.32 bits per heavy atom. The Labute approximate surface area is 307 Å². The Kier molecular flexibility index (Phi) is 15.4. The fourth-order valence-corrected chi connectivity index (χ4v) is 8.52. The summed E-state index contributed by atoms with van der Waals surface area (Å²) in [5.74, 6) is 5.70. The van der Waals surface area contributed by atoms with Crippen molar-refractivity contribution in [2.45, 2.75) is 173 Å². The number of rotatable bonds is 7. The van der Waals surface area contributed by atoms with Gasteiger partial charge in [-0.05, 0) is 81.2 Å². The average Bonchev–Trinajstić information content (AvgIpc) is 2.97. The molecule has 3 heterocycles. The highest BCUT2D eigenvalue weighted by atomic mass is 28.4. The van der Waals surface area contributed by atoms with Crippen molar-refractivity contribution in [3.63, 3.8) is 0 Å². The summed E-state index contributed by atoms with van der Waals surface area (Å²) in [4.78, 5) is 13.4. The van der Waals surface area contributed by atoms with Crippen LogP contribution < -0.4 is 0 Å². The summed E-state index contributed by atoms with van der Waals surface area (Å²) in [7, 11) is -4.39. The monoisotopic (exact) mass is 724 g/mol. The third-order valence-electron chi connectivity index (χ3n) is 11.0. The van der Waals surface area contributed by atoms with Crippen molar-refractivity contribution in [1.29, 1.82) is 0 Å². The zero-order valence-electron chi connectivity index (χ0n) is 33.4. The maximum atomic E-state index is 13.4. The van der Waals surface area contributed by atoms with Crippen LogP contribution in [0.5, 0.6) is 0 Å². The second kappa shape index (κ2) is 18.2. The van der Waals surface area contributed by atoms with E-state index in [0.717, 1.165) is 32.1 Å². The number of carbonyl (C=O) groups excluding carboxylic acids is 1. The van der Waals surface area contributed by atoms with Crippen LogP contribution in [0, 0.1) is 17.8 Å². The smallest absolute Gasteiger partial charge is 0.384 e. The fourth-order valence-electron chi connectivity index (χ4n) is 5.99. The van der Waals surface area contributed by atoms with Gasteiger partial charge in [0, 0.05) is 18.8 Å². The topological polar surface area (TPSA) is 63.2 Å². The lowest BCUT2D eigenvalue weighted by atomic mass is 9.91. The van der Waals surface area contributed by atoms with Gasteiger partial charge in [-0.1, -0.05) is 115 Å². The molecule has 7 unspecified atom stereocenters. The van der Waals surface area contributed by atoms with Gasteiger partial charge in [0.2, 0.25) is 0 Å². The van der Waals surface area contributed by atoms with Crippen LogP contribution >= 0.6 is 0 Å². The molecular weight excluding hydrogens is 657 g/mol. The summed E-state index contributed by atoms with van der Waals surface area (Å²) in [5.41, 5.74) is 2.49. The number of cyclic esters (lactones) is 1. The molecule has 0 radical (unpaired) electrons. The molecule has 0 aliphatic carbocycles. The first-order valence-electron chi connectivity index (χ1n) is 18.8. The Hall–Kier alpha value is -2.00. The van der Waals surface area contributed by atoms with Crippen LogP contribution in [0.2, 0.25) is 36.3 Å². The zero-order valence-corrected chi connectivity index (χ0v) is 35.4. The zero-order chi connectivity index (χ0) is 37.3. The Morgan fingerprint density at radius 1 is 0.980 bits per heavy atom. The predicted octanol–water partition coefficient (Wildman–Crippen LogP) is 10.4. The van der Waals surface area contributed by atoms with E-state index in [-0.39, 0.29) is 34.5 Å². The highest BCUT2D eigenvalue weighted by Gasteiger charge is 2.41. The molecule has 6 nitrogen and oxygen atoms in total. The fraction of sp³-hybridized carbons (Fsp3) is 0.690. The molecule has 0 saturated heterocycles. The minimum absolute atomic E-state index is 0.0418. The van der Waals surface area contributed by atoms with E-state index in [1.165, 1.54) is 11.1 Å². The van der Waals surface area contributed by atoms with Gasteiger partial charge in [0.25, 0.3) is 0 Å². The van der Waals surface area contributed by atoms with E-state index < -0.39 is 34.8 Å². The molecule has 0 amide bonds. The van der Waals surface area contributed by atoms with Crippen LogP contribution in [0.3, 0.4) is 0 Å². The first-order valence-corrected chi connectivity index (χ1v) is 24.6. The van der Waals surface area contributed by atoms with Gasteiger partial charge < -0.3 is 23.1 Å². The molecule has 50 heavy (non-hydrogen) atoms. The van der Waals surface area contributed by atoms with Crippen molar-refractivity contribution in [3.05, 3.63) is 60.3 Å². The molecule has 8 heteroatoms. The number of carbonyl (C=O) groups is 1. The van der Waals surface area contributed by atoms with Crippen LogP contribution in [0.25, 0.3) is 0 Å². The first-order chi connectivity index (χ1) is 23.1. The van der Waals surface area contributed by atoms with Gasteiger partial charge in [-0.25, -0.2) is 4.79 Å². The molecular formula is C42H68O6Si2. The van der Waals surface area contributed by atoms with E-state index in [9.17, 15) is 4.79 Å². The largest absolute Gasteiger partial charge is 0.449 e. The van der Waals surface area contributed by atoms with Crippen molar-refractivity contribution in [2.24, 2.45) is 5.92 Å². The van der Waals surface area contributed by atoms with Gasteiger partial charge in [-0.3, -0.25) is 0 Å². The van der Waals surface area contributed by atoms with Crippen LogP contribution in [-0.4, -0.2) is 65.8 Å². The van der Waals surface area contributed by atoms with Gasteiger partial charge in [-0.2, -0.15) is 0 Å². The van der Waals surface area contributed by atoms with Crippen molar-refractivity contribution < 1.29 is 27.9 Å². The van der Waals surface area contributed by atoms with Crippen LogP contribution in [0.1, 0.15) is 100 Å². The summed E-state index contributed by atoms with van der Waals surface area (Å²) in [5, 5.41) is 0.0160. The summed E-state index contributed by atoms with van der Waals surface area (Å²) in [6, 6.07) is 0. The minimum atomic E-state index is -2.29. The predicted molar refractivity (Wildman–Crippen MR) is 212 cm³/mol. The van der Waals surface area contributed by atoms with Crippen molar-refractivity contribution in [1.82, 2.24) is 0 Å². The van der Waals surface area contributed by atoms with Gasteiger partial charge in [-0.15, -0.1) is 0 Å². The lowest BCUT2D eigenvalue weighted by Gasteiger charge is -2.40. The molecule has 0 aromatic carbocycles. The van der Waals surface area contributed by atoms with Gasteiger partial charge >= 0.3 is 5.97 Å². The highest BCUT2D eigenvalue weighted by molar-refractivity contribution is 6.74. The Morgan fingerprint density at radius 2 is 1.66 bits per heavy atom. The third kappa shape index (κ3) is 13.5. The number of fused-ring (bicyclic) bond motifs is 2. The van der Waals surface area contributed by atoms with Crippen LogP contribution in [-0.2, 0) is 27.9 Å². The third-order valence-corrected chi connectivity index (χ3v) is 20.0. The standard InChI is InChI=1S/C42H68O6Si2/c1-31-25-26-44-35(28-31)23-24-39(48-50(12,13)42(7,8)9)38-21-15-20-37(47-49(10,11)41(4,5)6)30-33(3)27-32(2)29-36-19-14-17-34(45-36)18-16-22-40(43)46-38/h14-15,17,20,23-25,32,34-39H,3,18-19,21,26-30H2,1-2,4-13H3/b20-15-,24-23?. The molecule has 0 aromatic rings. The summed E-state index contributed by atoms with van der Waals surface area (Å²) < 4.78 is 32.7. The molecule has 2 bridgehead atoms. The molecule has 0 saturated carbocycles. The first kappa shape index (κ1) is 42.4. The van der Waals surface area contributed by atoms with Gasteiger partial charge in [0.15, 0.2) is 16.6 Å². The second-order valence-electron chi connectivity index (χ2n) is 17.8. The molecule has 0 fully saturated rings. The van der Waals surface area contributed by atoms with E-state index in [1.807, 2.05) is 0 Å². The number of hydrogen-bond acceptors (Lipinski definition) is 6. The molecule has 3 aliphatic rings. The molecule has 3 rings (SSSR count). The van der Waals surface area contributed by atoms with Crippen molar-refractivity contribution in [2.75, 3.05) is 6.61 Å². The number of esters is 1. The lowest BCUT2D eigenvalue weighted by Crippen LogP contribution is -2.47. The SMILES string of the molecule is C=C1CC(C)CC2CC=CC(CC#CC(=O)OC(C(C=CC3CC(C)=CCO3)O[Si](C)(C)C(C)(C)C)C/C=C\C(O[Si](C)(C)C(C)(C)C)C1)O2. The quantitative estimate of drug-likeness (QED) is 0.0856. The molecule has 0 N–H and O–H groups in total. The van der Waals surface area contributed by atoms with Crippen molar-refractivity contribution in [3.8, 4) is 11.8 Å². The second-order valence-corrected chi connectivity index (χ2v) is 27.4. The highest BCUT2D eigenvalue weighted by Crippen LogP contribution is 2.40. The summed E-state index contributed by atoms with van der Waals surface area (Å²) >= 11 is 0. The van der Waals surface area contributed by atoms with E-state index in [1.54, 1.807) is 0 Å². The Balaban J connectivity index is 2.03. The summed E-state index contributed by atoms with van der Waals surface area (Å²) in [6.45, 7) is 32.1. The van der Waals surface area contributed by atoms with Crippen LogP contribution in [0.15, 0.2) is 60.3 Å². The molecule has 280 valence electrons. The van der Waals surface area contributed by atoms with E-state index in [2.05, 4.69) is 143 Å². The Bertz CT molecular complexity index is 1330. The maximum Gasteiger partial charge on any atom is 0.384 e. The number of ether oxygens (including phenoxy) is 3. The maximum absolute atomic E-state index is 13.4. The summed E-state index contributed by atoms with van der Waals surface area (Å²) in [6.07, 6.45) is 18.7. The van der Waals surface area contributed by atoms with Gasteiger partial charge in [0.05, 0.1) is 31.0 Å². The van der Waals surface area contributed by atoms with Crippen LogP contribution in [0.4, 0.5) is 0 Å². The van der Waals surface area contributed by atoms with Crippen molar-refractivity contribution >= 4 is 22.6 Å². The normalized spacial score (nSPS) is 29.6.